The molecule has 2 aliphatic rings. The molecule has 0 N–H and O–H groups in total. The number of anilines is 1. The van der Waals surface area contributed by atoms with Crippen LogP contribution < -0.4 is 4.90 Å². The molecule has 2 fully saturated rings. The zero-order valence-electron chi connectivity index (χ0n) is 20.3. The van der Waals surface area contributed by atoms with Crippen molar-refractivity contribution >= 4 is 11.6 Å². The van der Waals surface area contributed by atoms with Crippen molar-refractivity contribution in [2.45, 2.75) is 65.1 Å². The number of halogens is 3. The number of ketones is 1. The van der Waals surface area contributed by atoms with Crippen molar-refractivity contribution in [3.05, 3.63) is 35.0 Å². The molecule has 186 valence electrons. The van der Waals surface area contributed by atoms with Gasteiger partial charge in [-0.3, -0.25) is 9.48 Å². The average molecular weight is 480 g/mol. The molecule has 1 aliphatic heterocycles. The summed E-state index contributed by atoms with van der Waals surface area (Å²) in [5, 5.41) is 4.50. The summed E-state index contributed by atoms with van der Waals surface area (Å²) in [5.74, 6) is -0.736. The molecule has 1 unspecified atom stereocenters. The van der Waals surface area contributed by atoms with Gasteiger partial charge in [0.15, 0.2) is 0 Å². The first kappa shape index (κ1) is 24.6. The average Bonchev–Trinajstić information content (AvgIpc) is 3.14. The number of hydrogen-bond donors (Lipinski definition) is 0. The molecule has 10 heteroatoms. The van der Waals surface area contributed by atoms with Crippen molar-refractivity contribution in [2.75, 3.05) is 31.7 Å². The van der Waals surface area contributed by atoms with Crippen LogP contribution in [0.4, 0.5) is 19.0 Å². The van der Waals surface area contributed by atoms with Crippen LogP contribution in [0, 0.1) is 18.3 Å². The normalized spacial score (nSPS) is 24.9. The number of hydrogen-bond acceptors (Lipinski definition) is 6. The topological polar surface area (TPSA) is 73.1 Å². The highest BCUT2D eigenvalue weighted by Gasteiger charge is 2.49. The number of piperidine rings is 1. The van der Waals surface area contributed by atoms with Crippen LogP contribution in [0.15, 0.2) is 12.3 Å². The second-order valence-corrected chi connectivity index (χ2v) is 10.1. The lowest BCUT2D eigenvalue weighted by Gasteiger charge is -2.43. The number of nitrogens with zero attached hydrogens (tertiary/aromatic N) is 5. The lowest BCUT2D eigenvalue weighted by Crippen LogP contribution is -2.44. The van der Waals surface area contributed by atoms with E-state index in [1.165, 1.54) is 5.69 Å². The number of aromatic nitrogens is 4. The molecule has 4 rings (SSSR count). The number of alkyl halides is 3. The van der Waals surface area contributed by atoms with E-state index in [9.17, 15) is 18.0 Å². The lowest BCUT2D eigenvalue weighted by molar-refractivity contribution is -0.145. The molecule has 2 aromatic heterocycles. The zero-order chi connectivity index (χ0) is 24.8. The van der Waals surface area contributed by atoms with E-state index in [4.69, 9.17) is 4.74 Å². The molecule has 1 aliphatic carbocycles. The van der Waals surface area contributed by atoms with Gasteiger partial charge in [-0.25, -0.2) is 9.97 Å². The Morgan fingerprint density at radius 2 is 2.00 bits per heavy atom. The Labute approximate surface area is 197 Å². The Balaban J connectivity index is 1.60. The van der Waals surface area contributed by atoms with Crippen LogP contribution >= 0.6 is 0 Å². The van der Waals surface area contributed by atoms with Crippen molar-refractivity contribution in [3.63, 3.8) is 0 Å². The Morgan fingerprint density at radius 1 is 1.26 bits per heavy atom. The molecule has 0 radical (unpaired) electrons. The molecule has 2 aromatic rings. The highest BCUT2D eigenvalue weighted by Crippen LogP contribution is 2.49. The third-order valence-electron chi connectivity index (χ3n) is 7.48. The van der Waals surface area contributed by atoms with Crippen LogP contribution in [-0.2, 0) is 22.3 Å². The van der Waals surface area contributed by atoms with Gasteiger partial charge in [0.05, 0.1) is 25.0 Å². The predicted octanol–water partition coefficient (Wildman–Crippen LogP) is 4.36. The largest absolute Gasteiger partial charge is 0.451 e. The zero-order valence-corrected chi connectivity index (χ0v) is 20.3. The van der Waals surface area contributed by atoms with Crippen LogP contribution in [0.2, 0.25) is 0 Å². The van der Waals surface area contributed by atoms with Crippen molar-refractivity contribution < 1.29 is 22.7 Å². The SMILES string of the molecule is COCCn1ncc(C)c1[C@@H]1CCN(c2cc(C3CC(=O)C3(C)C)nc(C(F)(F)F)n2)C[C@H]1C. The quantitative estimate of drug-likeness (QED) is 0.613. The molecule has 0 spiro atoms. The van der Waals surface area contributed by atoms with E-state index in [0.717, 1.165) is 12.0 Å². The molecule has 3 atom stereocenters. The van der Waals surface area contributed by atoms with Gasteiger partial charge in [-0.2, -0.15) is 18.3 Å². The van der Waals surface area contributed by atoms with Gasteiger partial charge >= 0.3 is 6.18 Å². The molecule has 3 heterocycles. The highest BCUT2D eigenvalue weighted by atomic mass is 19.4. The Bertz CT molecular complexity index is 1070. The van der Waals surface area contributed by atoms with Gasteiger partial charge in [-0.15, -0.1) is 0 Å². The molecule has 0 amide bonds. The highest BCUT2D eigenvalue weighted by molar-refractivity contribution is 5.92. The second-order valence-electron chi connectivity index (χ2n) is 10.1. The minimum Gasteiger partial charge on any atom is -0.383 e. The fourth-order valence-electron chi connectivity index (χ4n) is 5.25. The summed E-state index contributed by atoms with van der Waals surface area (Å²) in [7, 11) is 1.66. The van der Waals surface area contributed by atoms with Crippen LogP contribution in [0.3, 0.4) is 0 Å². The smallest absolute Gasteiger partial charge is 0.383 e. The first-order valence-corrected chi connectivity index (χ1v) is 11.7. The predicted molar refractivity (Wildman–Crippen MR) is 121 cm³/mol. The fraction of sp³-hybridized carbons (Fsp3) is 0.667. The monoisotopic (exact) mass is 479 g/mol. The molecular formula is C24H32F3N5O2. The van der Waals surface area contributed by atoms with Crippen molar-refractivity contribution in [1.29, 1.82) is 0 Å². The van der Waals surface area contributed by atoms with Gasteiger partial charge in [0.25, 0.3) is 0 Å². The summed E-state index contributed by atoms with van der Waals surface area (Å²) in [6.45, 7) is 10.1. The molecule has 1 saturated carbocycles. The third-order valence-corrected chi connectivity index (χ3v) is 7.48. The van der Waals surface area contributed by atoms with Gasteiger partial charge in [-0.05, 0) is 24.8 Å². The number of aryl methyl sites for hydroxylation is 1. The van der Waals surface area contributed by atoms with E-state index < -0.39 is 17.4 Å². The molecule has 0 bridgehead atoms. The van der Waals surface area contributed by atoms with E-state index in [0.29, 0.717) is 31.9 Å². The molecular weight excluding hydrogens is 447 g/mol. The van der Waals surface area contributed by atoms with Gasteiger partial charge < -0.3 is 9.64 Å². The van der Waals surface area contributed by atoms with E-state index in [2.05, 4.69) is 22.0 Å². The van der Waals surface area contributed by atoms with E-state index in [-0.39, 0.29) is 35.8 Å². The molecule has 0 aromatic carbocycles. The Morgan fingerprint density at radius 3 is 2.59 bits per heavy atom. The maximum atomic E-state index is 13.7. The second kappa shape index (κ2) is 8.94. The maximum absolute atomic E-state index is 13.7. The molecule has 7 nitrogen and oxygen atoms in total. The number of Topliss-reactive ketones (excluding diaryl/α,β-unsaturated/α-hetero) is 1. The number of rotatable bonds is 6. The fourth-order valence-corrected chi connectivity index (χ4v) is 5.25. The van der Waals surface area contributed by atoms with Crippen LogP contribution in [0.1, 0.15) is 68.2 Å². The number of carbonyl (C=O) groups excluding carboxylic acids is 1. The summed E-state index contributed by atoms with van der Waals surface area (Å²) in [4.78, 5) is 21.7. The summed E-state index contributed by atoms with van der Waals surface area (Å²) < 4.78 is 48.2. The summed E-state index contributed by atoms with van der Waals surface area (Å²) >= 11 is 0. The number of ether oxygens (including phenoxy) is 1. The first-order chi connectivity index (χ1) is 15.9. The third kappa shape index (κ3) is 4.44. The summed E-state index contributed by atoms with van der Waals surface area (Å²) in [6.07, 6.45) is -1.81. The van der Waals surface area contributed by atoms with Crippen LogP contribution in [0.5, 0.6) is 0 Å². The van der Waals surface area contributed by atoms with Gasteiger partial charge in [-0.1, -0.05) is 20.8 Å². The first-order valence-electron chi connectivity index (χ1n) is 11.7. The van der Waals surface area contributed by atoms with E-state index in [1.807, 2.05) is 22.7 Å². The standard InChI is InChI=1S/C24H32F3N5O2/c1-14-12-28-32(8-9-34-5)21(14)16-6-7-31(13-15(16)2)20-11-18(17-10-19(33)23(17,3)4)29-22(30-20)24(25,26)27/h11-12,15-17H,6-10,13H2,1-5H3/t15-,16-,17?/m1/s1. The maximum Gasteiger partial charge on any atom is 0.451 e. The Hall–Kier alpha value is -2.49. The van der Waals surface area contributed by atoms with Gasteiger partial charge in [0.1, 0.15) is 11.6 Å². The minimum atomic E-state index is -4.66. The summed E-state index contributed by atoms with van der Waals surface area (Å²) in [5.41, 5.74) is 1.86. The van der Waals surface area contributed by atoms with E-state index >= 15 is 0 Å². The van der Waals surface area contributed by atoms with Crippen molar-refractivity contribution in [2.24, 2.45) is 11.3 Å². The van der Waals surface area contributed by atoms with Crippen LogP contribution in [0.25, 0.3) is 0 Å². The van der Waals surface area contributed by atoms with Crippen LogP contribution in [-0.4, -0.2) is 52.3 Å². The minimum absolute atomic E-state index is 0.0427. The van der Waals surface area contributed by atoms with Crippen molar-refractivity contribution in [3.8, 4) is 0 Å². The van der Waals surface area contributed by atoms with Gasteiger partial charge in [0.2, 0.25) is 5.82 Å². The number of methoxy groups -OCH3 is 1. The molecule has 1 saturated heterocycles. The number of carbonyl (C=O) groups is 1. The lowest BCUT2D eigenvalue weighted by atomic mass is 9.60. The van der Waals surface area contributed by atoms with Gasteiger partial charge in [0, 0.05) is 55.6 Å². The molecule has 34 heavy (non-hydrogen) atoms. The summed E-state index contributed by atoms with van der Waals surface area (Å²) in [6, 6.07) is 1.65. The van der Waals surface area contributed by atoms with E-state index in [1.54, 1.807) is 27.0 Å². The van der Waals surface area contributed by atoms with Crippen molar-refractivity contribution in [1.82, 2.24) is 19.7 Å². The Kier molecular flexibility index (Phi) is 6.48.